The van der Waals surface area contributed by atoms with Crippen molar-refractivity contribution in [3.63, 3.8) is 0 Å². The van der Waals surface area contributed by atoms with Crippen molar-refractivity contribution in [1.29, 1.82) is 0 Å². The Balaban J connectivity index is 1.75. The zero-order valence-corrected chi connectivity index (χ0v) is 15.8. The molecule has 3 rings (SSSR count). The van der Waals surface area contributed by atoms with E-state index in [1.54, 1.807) is 48.5 Å². The Morgan fingerprint density at radius 1 is 0.828 bits per heavy atom. The fourth-order valence-electron chi connectivity index (χ4n) is 2.75. The van der Waals surface area contributed by atoms with Crippen LogP contribution in [-0.4, -0.2) is 18.4 Å². The van der Waals surface area contributed by atoms with Gasteiger partial charge in [-0.05, 0) is 36.3 Å². The van der Waals surface area contributed by atoms with Gasteiger partial charge in [0.15, 0.2) is 0 Å². The molecule has 29 heavy (non-hydrogen) atoms. The Bertz CT molecular complexity index is 1000. The van der Waals surface area contributed by atoms with Gasteiger partial charge < -0.3 is 10.6 Å². The van der Waals surface area contributed by atoms with Crippen molar-refractivity contribution in [3.05, 3.63) is 113 Å². The minimum atomic E-state index is -0.478. The van der Waals surface area contributed by atoms with Gasteiger partial charge in [0, 0.05) is 17.7 Å². The lowest BCUT2D eigenvalue weighted by molar-refractivity contribution is -0.117. The normalized spacial score (nSPS) is 11.0. The van der Waals surface area contributed by atoms with Gasteiger partial charge in [-0.3, -0.25) is 9.59 Å². The van der Waals surface area contributed by atoms with Crippen molar-refractivity contribution in [3.8, 4) is 0 Å². The molecule has 2 amide bonds. The number of carbonyl (C=O) groups is 2. The second-order valence-corrected chi connectivity index (χ2v) is 6.39. The molecule has 0 saturated heterocycles. The number of nitrogens with one attached hydrogen (secondary N) is 2. The smallest absolute Gasteiger partial charge is 0.267 e. The maximum atomic E-state index is 14.1. The summed E-state index contributed by atoms with van der Waals surface area (Å²) in [6.45, 7) is 0.388. The van der Waals surface area contributed by atoms with Gasteiger partial charge in [0.05, 0.1) is 0 Å². The fraction of sp³-hybridized carbons (Fsp3) is 0.0833. The van der Waals surface area contributed by atoms with Gasteiger partial charge in [-0.2, -0.15) is 0 Å². The average molecular weight is 388 g/mol. The molecule has 0 aliphatic rings. The van der Waals surface area contributed by atoms with Gasteiger partial charge in [-0.1, -0.05) is 66.7 Å². The summed E-state index contributed by atoms with van der Waals surface area (Å²) in [6, 6.07) is 24.3. The Labute approximate surface area is 169 Å². The van der Waals surface area contributed by atoms with Crippen LogP contribution >= 0.6 is 0 Å². The van der Waals surface area contributed by atoms with Crippen LogP contribution in [0.4, 0.5) is 4.39 Å². The summed E-state index contributed by atoms with van der Waals surface area (Å²) >= 11 is 0. The summed E-state index contributed by atoms with van der Waals surface area (Å²) < 4.78 is 14.1. The van der Waals surface area contributed by atoms with Gasteiger partial charge in [-0.25, -0.2) is 4.39 Å². The Morgan fingerprint density at radius 3 is 2.14 bits per heavy atom. The molecule has 5 heteroatoms. The minimum absolute atomic E-state index is 0.0167. The number of hydrogen-bond donors (Lipinski definition) is 2. The largest absolute Gasteiger partial charge is 0.350 e. The van der Waals surface area contributed by atoms with Gasteiger partial charge in [0.25, 0.3) is 11.8 Å². The number of benzene rings is 3. The summed E-state index contributed by atoms with van der Waals surface area (Å²) in [4.78, 5) is 25.2. The molecule has 3 aromatic carbocycles. The first-order valence-corrected chi connectivity index (χ1v) is 9.28. The van der Waals surface area contributed by atoms with E-state index >= 15 is 0 Å². The number of hydrogen-bond acceptors (Lipinski definition) is 2. The molecule has 4 nitrogen and oxygen atoms in total. The van der Waals surface area contributed by atoms with Gasteiger partial charge >= 0.3 is 0 Å². The molecule has 0 heterocycles. The second-order valence-electron chi connectivity index (χ2n) is 6.39. The molecule has 0 saturated carbocycles. The third-order valence-corrected chi connectivity index (χ3v) is 4.28. The van der Waals surface area contributed by atoms with E-state index < -0.39 is 17.6 Å². The molecular formula is C24H21FN2O2. The molecule has 146 valence electrons. The Morgan fingerprint density at radius 2 is 1.45 bits per heavy atom. The molecule has 0 aliphatic heterocycles. The first-order valence-electron chi connectivity index (χ1n) is 9.28. The minimum Gasteiger partial charge on any atom is -0.350 e. The first-order chi connectivity index (χ1) is 14.1. The van der Waals surface area contributed by atoms with Crippen LogP contribution in [0.5, 0.6) is 0 Å². The van der Waals surface area contributed by atoms with Crippen molar-refractivity contribution < 1.29 is 14.0 Å². The highest BCUT2D eigenvalue weighted by Gasteiger charge is 2.15. The van der Waals surface area contributed by atoms with Crippen molar-refractivity contribution in [2.45, 2.75) is 6.42 Å². The van der Waals surface area contributed by atoms with E-state index in [-0.39, 0.29) is 11.3 Å². The summed E-state index contributed by atoms with van der Waals surface area (Å²) in [5, 5.41) is 5.38. The average Bonchev–Trinajstić information content (AvgIpc) is 2.76. The number of halogens is 1. The van der Waals surface area contributed by atoms with E-state index in [9.17, 15) is 14.0 Å². The van der Waals surface area contributed by atoms with E-state index in [4.69, 9.17) is 0 Å². The Kier molecular flexibility index (Phi) is 6.90. The van der Waals surface area contributed by atoms with Crippen LogP contribution in [0.15, 0.2) is 90.6 Å². The van der Waals surface area contributed by atoms with Gasteiger partial charge in [0.2, 0.25) is 0 Å². The lowest BCUT2D eigenvalue weighted by atomic mass is 10.1. The maximum absolute atomic E-state index is 14.1. The highest BCUT2D eigenvalue weighted by atomic mass is 19.1. The van der Waals surface area contributed by atoms with Crippen LogP contribution in [0, 0.1) is 5.82 Å². The highest BCUT2D eigenvalue weighted by molar-refractivity contribution is 6.05. The molecule has 0 unspecified atom stereocenters. The molecule has 0 spiro atoms. The van der Waals surface area contributed by atoms with Crippen LogP contribution in [-0.2, 0) is 11.2 Å². The number of carbonyl (C=O) groups excluding carboxylic acids is 2. The van der Waals surface area contributed by atoms with Gasteiger partial charge in [-0.15, -0.1) is 0 Å². The van der Waals surface area contributed by atoms with Crippen LogP contribution in [0.1, 0.15) is 21.5 Å². The molecule has 0 radical (unpaired) electrons. The molecule has 3 aromatic rings. The highest BCUT2D eigenvalue weighted by Crippen LogP contribution is 2.11. The number of rotatable bonds is 7. The molecular weight excluding hydrogens is 367 g/mol. The van der Waals surface area contributed by atoms with Gasteiger partial charge in [0.1, 0.15) is 11.5 Å². The molecule has 0 fully saturated rings. The SMILES string of the molecule is O=C(NCCc1ccccc1)/C(=C/c1ccccc1F)NC(=O)c1ccccc1. The molecule has 0 bridgehead atoms. The maximum Gasteiger partial charge on any atom is 0.267 e. The van der Waals surface area contributed by atoms with E-state index in [0.29, 0.717) is 18.5 Å². The van der Waals surface area contributed by atoms with Crippen molar-refractivity contribution in [1.82, 2.24) is 10.6 Å². The lowest BCUT2D eigenvalue weighted by Crippen LogP contribution is -2.35. The zero-order valence-electron chi connectivity index (χ0n) is 15.8. The van der Waals surface area contributed by atoms with Crippen LogP contribution in [0.3, 0.4) is 0 Å². The van der Waals surface area contributed by atoms with E-state index in [0.717, 1.165) is 5.56 Å². The van der Waals surface area contributed by atoms with Crippen molar-refractivity contribution in [2.24, 2.45) is 0 Å². The standard InChI is InChI=1S/C24H21FN2O2/c25-21-14-8-7-13-20(21)17-22(27-23(28)19-11-5-2-6-12-19)24(29)26-16-15-18-9-3-1-4-10-18/h1-14,17H,15-16H2,(H,26,29)(H,27,28)/b22-17-. The van der Waals surface area contributed by atoms with Crippen LogP contribution < -0.4 is 10.6 Å². The summed E-state index contributed by atoms with van der Waals surface area (Å²) in [7, 11) is 0. The van der Waals surface area contributed by atoms with Crippen LogP contribution in [0.2, 0.25) is 0 Å². The van der Waals surface area contributed by atoms with Crippen LogP contribution in [0.25, 0.3) is 6.08 Å². The van der Waals surface area contributed by atoms with Crippen molar-refractivity contribution in [2.75, 3.05) is 6.54 Å². The van der Waals surface area contributed by atoms with Crippen molar-refractivity contribution >= 4 is 17.9 Å². The first kappa shape index (κ1) is 20.0. The molecule has 0 aromatic heterocycles. The summed E-state index contributed by atoms with van der Waals surface area (Å²) in [6.07, 6.45) is 1.99. The third kappa shape index (κ3) is 5.87. The molecule has 2 N–H and O–H groups in total. The predicted octanol–water partition coefficient (Wildman–Crippen LogP) is 3.96. The Hall–Kier alpha value is -3.73. The number of amides is 2. The monoisotopic (exact) mass is 388 g/mol. The summed E-state index contributed by atoms with van der Waals surface area (Å²) in [5.41, 5.74) is 1.69. The second kappa shape index (κ2) is 9.99. The topological polar surface area (TPSA) is 58.2 Å². The predicted molar refractivity (Wildman–Crippen MR) is 111 cm³/mol. The third-order valence-electron chi connectivity index (χ3n) is 4.28. The zero-order chi connectivity index (χ0) is 20.5. The quantitative estimate of drug-likeness (QED) is 0.602. The molecule has 0 aliphatic carbocycles. The van der Waals surface area contributed by atoms with E-state index in [1.807, 2.05) is 30.3 Å². The van der Waals surface area contributed by atoms with E-state index in [1.165, 1.54) is 12.1 Å². The summed E-state index contributed by atoms with van der Waals surface area (Å²) in [5.74, 6) is -1.39. The molecule has 0 atom stereocenters. The van der Waals surface area contributed by atoms with E-state index in [2.05, 4.69) is 10.6 Å². The lowest BCUT2D eigenvalue weighted by Gasteiger charge is -2.11. The fourth-order valence-corrected chi connectivity index (χ4v) is 2.75.